The van der Waals surface area contributed by atoms with Gasteiger partial charge in [-0.2, -0.15) is 0 Å². The van der Waals surface area contributed by atoms with Crippen LogP contribution in [0.2, 0.25) is 0 Å². The SMILES string of the molecule is Cc1sc(NC(=O)C2CC2)c(C(=O)OC(C)C(=O)NCc2ccc(F)cc2)c1C. The first-order valence-corrected chi connectivity index (χ1v) is 10.2. The molecule has 6 nitrogen and oxygen atoms in total. The lowest BCUT2D eigenvalue weighted by Crippen LogP contribution is -2.35. The standard InChI is InChI=1S/C21H23FN2O4S/c1-11-13(3)29-20(24-19(26)15-6-7-15)17(11)21(27)28-12(2)18(25)23-10-14-4-8-16(22)9-5-14/h4-5,8-9,12,15H,6-7,10H2,1-3H3,(H,23,25)(H,24,26). The molecule has 8 heteroatoms. The number of anilines is 1. The Morgan fingerprint density at radius 2 is 1.86 bits per heavy atom. The van der Waals surface area contributed by atoms with Crippen LogP contribution in [-0.4, -0.2) is 23.9 Å². The number of carbonyl (C=O) groups is 3. The molecule has 0 bridgehead atoms. The van der Waals surface area contributed by atoms with Crippen LogP contribution >= 0.6 is 11.3 Å². The average Bonchev–Trinajstić information content (AvgIpc) is 3.48. The maximum Gasteiger partial charge on any atom is 0.342 e. The van der Waals surface area contributed by atoms with Crippen LogP contribution in [0.4, 0.5) is 9.39 Å². The van der Waals surface area contributed by atoms with Crippen molar-refractivity contribution >= 4 is 34.1 Å². The predicted octanol–water partition coefficient (Wildman–Crippen LogP) is 3.71. The number of ether oxygens (including phenoxy) is 1. The van der Waals surface area contributed by atoms with Gasteiger partial charge in [-0.05, 0) is 56.9 Å². The molecule has 0 saturated heterocycles. The molecule has 0 aliphatic heterocycles. The highest BCUT2D eigenvalue weighted by atomic mass is 32.1. The van der Waals surface area contributed by atoms with Crippen molar-refractivity contribution in [3.63, 3.8) is 0 Å². The number of carbonyl (C=O) groups excluding carboxylic acids is 3. The molecule has 1 aromatic carbocycles. The zero-order valence-electron chi connectivity index (χ0n) is 16.5. The normalized spacial score (nSPS) is 14.2. The number of hydrogen-bond donors (Lipinski definition) is 2. The largest absolute Gasteiger partial charge is 0.449 e. The van der Waals surface area contributed by atoms with Crippen LogP contribution in [0.15, 0.2) is 24.3 Å². The van der Waals surface area contributed by atoms with Crippen molar-refractivity contribution in [2.45, 2.75) is 46.3 Å². The smallest absolute Gasteiger partial charge is 0.342 e. The Bertz CT molecular complexity index is 935. The first kappa shape index (κ1) is 21.0. The maximum absolute atomic E-state index is 12.9. The van der Waals surface area contributed by atoms with E-state index in [0.717, 1.165) is 28.8 Å². The topological polar surface area (TPSA) is 84.5 Å². The monoisotopic (exact) mass is 418 g/mol. The van der Waals surface area contributed by atoms with E-state index in [0.29, 0.717) is 10.6 Å². The van der Waals surface area contributed by atoms with E-state index in [2.05, 4.69) is 10.6 Å². The third-order valence-electron chi connectivity index (χ3n) is 4.81. The lowest BCUT2D eigenvalue weighted by molar-refractivity contribution is -0.129. The molecule has 0 radical (unpaired) electrons. The van der Waals surface area contributed by atoms with Gasteiger partial charge in [-0.25, -0.2) is 9.18 Å². The van der Waals surface area contributed by atoms with Crippen molar-refractivity contribution < 1.29 is 23.5 Å². The van der Waals surface area contributed by atoms with Gasteiger partial charge in [0.05, 0.1) is 5.56 Å². The molecule has 1 aliphatic rings. The number of esters is 1. The van der Waals surface area contributed by atoms with Crippen LogP contribution in [0, 0.1) is 25.6 Å². The minimum Gasteiger partial charge on any atom is -0.449 e. The van der Waals surface area contributed by atoms with E-state index in [1.54, 1.807) is 19.1 Å². The predicted molar refractivity (Wildman–Crippen MR) is 108 cm³/mol. The molecule has 2 aromatic rings. The van der Waals surface area contributed by atoms with Gasteiger partial charge in [0, 0.05) is 17.3 Å². The maximum atomic E-state index is 12.9. The lowest BCUT2D eigenvalue weighted by atomic mass is 10.1. The molecule has 1 unspecified atom stereocenters. The zero-order valence-corrected chi connectivity index (χ0v) is 17.3. The number of aryl methyl sites for hydroxylation is 1. The molecule has 1 saturated carbocycles. The van der Waals surface area contributed by atoms with Gasteiger partial charge < -0.3 is 15.4 Å². The van der Waals surface area contributed by atoms with Crippen molar-refractivity contribution in [1.29, 1.82) is 0 Å². The molecule has 29 heavy (non-hydrogen) atoms. The molecule has 1 aliphatic carbocycles. The summed E-state index contributed by atoms with van der Waals surface area (Å²) in [5, 5.41) is 5.93. The lowest BCUT2D eigenvalue weighted by Gasteiger charge is -2.14. The van der Waals surface area contributed by atoms with Crippen LogP contribution in [0.1, 0.15) is 46.1 Å². The zero-order chi connectivity index (χ0) is 21.1. The molecule has 154 valence electrons. The fourth-order valence-corrected chi connectivity index (χ4v) is 3.78. The molecule has 0 spiro atoms. The third-order valence-corrected chi connectivity index (χ3v) is 5.93. The quantitative estimate of drug-likeness (QED) is 0.672. The molecule has 2 N–H and O–H groups in total. The summed E-state index contributed by atoms with van der Waals surface area (Å²) in [4.78, 5) is 38.0. The van der Waals surface area contributed by atoms with E-state index in [1.807, 2.05) is 6.92 Å². The third kappa shape index (κ3) is 5.20. The Labute approximate surface area is 172 Å². The van der Waals surface area contributed by atoms with Crippen molar-refractivity contribution in [1.82, 2.24) is 5.32 Å². The number of halogens is 1. The van der Waals surface area contributed by atoms with Crippen LogP contribution in [0.25, 0.3) is 0 Å². The summed E-state index contributed by atoms with van der Waals surface area (Å²) in [6.45, 7) is 5.33. The van der Waals surface area contributed by atoms with E-state index in [4.69, 9.17) is 4.74 Å². The molecule has 2 amide bonds. The molecule has 1 heterocycles. The van der Waals surface area contributed by atoms with Gasteiger partial charge in [-0.1, -0.05) is 12.1 Å². The van der Waals surface area contributed by atoms with Gasteiger partial charge in [0.25, 0.3) is 5.91 Å². The summed E-state index contributed by atoms with van der Waals surface area (Å²) < 4.78 is 18.3. The number of hydrogen-bond acceptors (Lipinski definition) is 5. The van der Waals surface area contributed by atoms with Gasteiger partial charge in [-0.15, -0.1) is 11.3 Å². The summed E-state index contributed by atoms with van der Waals surface area (Å²) in [5.41, 5.74) is 1.75. The van der Waals surface area contributed by atoms with E-state index < -0.39 is 18.0 Å². The second kappa shape index (κ2) is 8.73. The summed E-state index contributed by atoms with van der Waals surface area (Å²) in [6.07, 6.45) is 0.704. The highest BCUT2D eigenvalue weighted by Crippen LogP contribution is 2.36. The van der Waals surface area contributed by atoms with Crippen LogP contribution in [-0.2, 0) is 20.9 Å². The highest BCUT2D eigenvalue weighted by Gasteiger charge is 2.32. The second-order valence-corrected chi connectivity index (χ2v) is 8.37. The van der Waals surface area contributed by atoms with Gasteiger partial charge in [-0.3, -0.25) is 9.59 Å². The Balaban J connectivity index is 1.61. The molecule has 1 atom stereocenters. The minimum absolute atomic E-state index is 0.0118. The fraction of sp³-hybridized carbons (Fsp3) is 0.381. The Morgan fingerprint density at radius 3 is 2.48 bits per heavy atom. The van der Waals surface area contributed by atoms with Gasteiger partial charge in [0.1, 0.15) is 10.8 Å². The first-order valence-electron chi connectivity index (χ1n) is 9.40. The number of nitrogens with one attached hydrogen (secondary N) is 2. The Morgan fingerprint density at radius 1 is 1.21 bits per heavy atom. The van der Waals surface area contributed by atoms with E-state index in [-0.39, 0.29) is 24.2 Å². The van der Waals surface area contributed by atoms with Crippen molar-refractivity contribution in [3.8, 4) is 0 Å². The van der Waals surface area contributed by atoms with Crippen LogP contribution in [0.3, 0.4) is 0 Å². The number of rotatable bonds is 7. The Kier molecular flexibility index (Phi) is 6.32. The fourth-order valence-electron chi connectivity index (χ4n) is 2.73. The summed E-state index contributed by atoms with van der Waals surface area (Å²) >= 11 is 1.32. The molecular weight excluding hydrogens is 395 g/mol. The molecule has 1 aromatic heterocycles. The number of amides is 2. The molecular formula is C21H23FN2O4S. The number of benzene rings is 1. The van der Waals surface area contributed by atoms with Crippen molar-refractivity contribution in [2.24, 2.45) is 5.92 Å². The molecule has 1 fully saturated rings. The van der Waals surface area contributed by atoms with Crippen LogP contribution in [0.5, 0.6) is 0 Å². The van der Waals surface area contributed by atoms with E-state index in [9.17, 15) is 18.8 Å². The van der Waals surface area contributed by atoms with Gasteiger partial charge >= 0.3 is 5.97 Å². The minimum atomic E-state index is -1.02. The van der Waals surface area contributed by atoms with Gasteiger partial charge in [0.15, 0.2) is 6.10 Å². The summed E-state index contributed by atoms with van der Waals surface area (Å²) in [6, 6.07) is 5.76. The van der Waals surface area contributed by atoms with Crippen molar-refractivity contribution in [2.75, 3.05) is 5.32 Å². The van der Waals surface area contributed by atoms with Crippen molar-refractivity contribution in [3.05, 3.63) is 51.7 Å². The first-order chi connectivity index (χ1) is 13.8. The summed E-state index contributed by atoms with van der Waals surface area (Å²) in [5.74, 6) is -1.55. The van der Waals surface area contributed by atoms with E-state index in [1.165, 1.54) is 30.4 Å². The average molecular weight is 418 g/mol. The van der Waals surface area contributed by atoms with Crippen LogP contribution < -0.4 is 10.6 Å². The van der Waals surface area contributed by atoms with Gasteiger partial charge in [0.2, 0.25) is 5.91 Å². The Hall–Kier alpha value is -2.74. The van der Waals surface area contributed by atoms with E-state index >= 15 is 0 Å². The second-order valence-electron chi connectivity index (χ2n) is 7.14. The highest BCUT2D eigenvalue weighted by molar-refractivity contribution is 7.16. The molecule has 3 rings (SSSR count). The summed E-state index contributed by atoms with van der Waals surface area (Å²) in [7, 11) is 0. The number of thiophene rings is 1.